The molecule has 3 heteroatoms. The Morgan fingerprint density at radius 2 is 1.27 bits per heavy atom. The first-order valence-electron chi connectivity index (χ1n) is 5.31. The molecule has 0 spiro atoms. The zero-order valence-electron chi connectivity index (χ0n) is 10.0. The number of ether oxygens (including phenoxy) is 1. The molecule has 0 bridgehead atoms. The van der Waals surface area contributed by atoms with Gasteiger partial charge >= 0.3 is 0 Å². The van der Waals surface area contributed by atoms with E-state index in [4.69, 9.17) is 4.74 Å². The van der Waals surface area contributed by atoms with Gasteiger partial charge in [0.15, 0.2) is 0 Å². The van der Waals surface area contributed by atoms with E-state index in [-0.39, 0.29) is 11.8 Å². The SMILES string of the molecule is CC(C)C(O)=CCOCC=C(O)C(C)C. The molecule has 0 saturated carbocycles. The molecule has 0 rings (SSSR count). The van der Waals surface area contributed by atoms with Crippen LogP contribution in [0, 0.1) is 11.8 Å². The highest BCUT2D eigenvalue weighted by Crippen LogP contribution is 2.05. The minimum absolute atomic E-state index is 0.133. The maximum atomic E-state index is 9.34. The largest absolute Gasteiger partial charge is 0.512 e. The number of allylic oxidation sites excluding steroid dienone is 2. The molecule has 0 saturated heterocycles. The van der Waals surface area contributed by atoms with Crippen LogP contribution in [0.25, 0.3) is 0 Å². The summed E-state index contributed by atoms with van der Waals surface area (Å²) in [6.07, 6.45) is 3.29. The molecule has 0 aliphatic heterocycles. The fraction of sp³-hybridized carbons (Fsp3) is 0.667. The zero-order chi connectivity index (χ0) is 11.8. The molecule has 88 valence electrons. The topological polar surface area (TPSA) is 49.7 Å². The highest BCUT2D eigenvalue weighted by Gasteiger charge is 1.99. The summed E-state index contributed by atoms with van der Waals surface area (Å²) in [7, 11) is 0. The van der Waals surface area contributed by atoms with Gasteiger partial charge in [-0.2, -0.15) is 0 Å². The smallest absolute Gasteiger partial charge is 0.0931 e. The Labute approximate surface area is 92.1 Å². The standard InChI is InChI=1S/C12H22O3/c1-9(2)11(13)5-7-15-8-6-12(14)10(3)4/h5-6,9-10,13-14H,7-8H2,1-4H3. The third-order valence-electron chi connectivity index (χ3n) is 2.00. The molecule has 0 aromatic rings. The number of rotatable bonds is 6. The van der Waals surface area contributed by atoms with Crippen molar-refractivity contribution in [1.82, 2.24) is 0 Å². The van der Waals surface area contributed by atoms with Crippen molar-refractivity contribution in [1.29, 1.82) is 0 Å². The van der Waals surface area contributed by atoms with Gasteiger partial charge in [0.2, 0.25) is 0 Å². The Morgan fingerprint density at radius 3 is 1.53 bits per heavy atom. The molecular weight excluding hydrogens is 192 g/mol. The maximum Gasteiger partial charge on any atom is 0.0931 e. The first-order valence-corrected chi connectivity index (χ1v) is 5.31. The Morgan fingerprint density at radius 1 is 0.933 bits per heavy atom. The van der Waals surface area contributed by atoms with Gasteiger partial charge in [0, 0.05) is 11.8 Å². The summed E-state index contributed by atoms with van der Waals surface area (Å²) >= 11 is 0. The number of hydrogen-bond donors (Lipinski definition) is 2. The molecule has 0 aromatic carbocycles. The van der Waals surface area contributed by atoms with E-state index in [1.54, 1.807) is 12.2 Å². The maximum absolute atomic E-state index is 9.34. The Kier molecular flexibility index (Phi) is 6.88. The van der Waals surface area contributed by atoms with Crippen molar-refractivity contribution in [2.75, 3.05) is 13.2 Å². The summed E-state index contributed by atoms with van der Waals surface area (Å²) in [5.41, 5.74) is 0. The van der Waals surface area contributed by atoms with Crippen LogP contribution in [0.1, 0.15) is 27.7 Å². The lowest BCUT2D eigenvalue weighted by atomic mass is 10.2. The molecule has 0 fully saturated rings. The quantitative estimate of drug-likeness (QED) is 0.527. The Balaban J connectivity index is 3.73. The van der Waals surface area contributed by atoms with Gasteiger partial charge in [-0.05, 0) is 12.2 Å². The molecule has 0 amide bonds. The van der Waals surface area contributed by atoms with E-state index in [2.05, 4.69) is 0 Å². The molecule has 0 aliphatic rings. The van der Waals surface area contributed by atoms with Gasteiger partial charge in [-0.15, -0.1) is 0 Å². The van der Waals surface area contributed by atoms with Gasteiger partial charge < -0.3 is 14.9 Å². The molecule has 0 unspecified atom stereocenters. The zero-order valence-corrected chi connectivity index (χ0v) is 10.0. The molecular formula is C12H22O3. The monoisotopic (exact) mass is 214 g/mol. The number of aliphatic hydroxyl groups is 2. The Hall–Kier alpha value is -0.960. The second-order valence-corrected chi connectivity index (χ2v) is 4.10. The summed E-state index contributed by atoms with van der Waals surface area (Å²) in [6.45, 7) is 8.39. The number of aliphatic hydroxyl groups excluding tert-OH is 2. The third kappa shape index (κ3) is 7.03. The predicted octanol–water partition coefficient (Wildman–Crippen LogP) is 3.20. The minimum atomic E-state index is 0.133. The van der Waals surface area contributed by atoms with E-state index >= 15 is 0 Å². The lowest BCUT2D eigenvalue weighted by Crippen LogP contribution is -1.99. The van der Waals surface area contributed by atoms with Crippen molar-refractivity contribution in [3.8, 4) is 0 Å². The van der Waals surface area contributed by atoms with Crippen LogP contribution in [-0.2, 0) is 4.74 Å². The van der Waals surface area contributed by atoms with Crippen molar-refractivity contribution >= 4 is 0 Å². The fourth-order valence-electron chi connectivity index (χ4n) is 0.828. The first kappa shape index (κ1) is 14.0. The van der Waals surface area contributed by atoms with Crippen LogP contribution in [0.15, 0.2) is 23.7 Å². The summed E-state index contributed by atoms with van der Waals surface area (Å²) in [6, 6.07) is 0. The van der Waals surface area contributed by atoms with Crippen molar-refractivity contribution in [2.45, 2.75) is 27.7 Å². The normalized spacial score (nSPS) is 14.0. The Bertz CT molecular complexity index is 203. The van der Waals surface area contributed by atoms with Crippen LogP contribution >= 0.6 is 0 Å². The highest BCUT2D eigenvalue weighted by molar-refractivity contribution is 4.95. The first-order chi connectivity index (χ1) is 6.95. The van der Waals surface area contributed by atoms with Crippen LogP contribution in [-0.4, -0.2) is 23.4 Å². The van der Waals surface area contributed by atoms with Gasteiger partial charge in [-0.1, -0.05) is 27.7 Å². The molecule has 0 heterocycles. The number of hydrogen-bond acceptors (Lipinski definition) is 3. The molecule has 0 radical (unpaired) electrons. The van der Waals surface area contributed by atoms with E-state index in [1.807, 2.05) is 27.7 Å². The predicted molar refractivity (Wildman–Crippen MR) is 61.9 cm³/mol. The van der Waals surface area contributed by atoms with Crippen LogP contribution in [0.4, 0.5) is 0 Å². The second kappa shape index (κ2) is 7.35. The van der Waals surface area contributed by atoms with E-state index in [1.165, 1.54) is 0 Å². The van der Waals surface area contributed by atoms with Gasteiger partial charge in [0.1, 0.15) is 0 Å². The third-order valence-corrected chi connectivity index (χ3v) is 2.00. The summed E-state index contributed by atoms with van der Waals surface area (Å²) in [4.78, 5) is 0. The summed E-state index contributed by atoms with van der Waals surface area (Å²) in [5.74, 6) is 0.945. The van der Waals surface area contributed by atoms with Crippen LogP contribution < -0.4 is 0 Å². The van der Waals surface area contributed by atoms with E-state index < -0.39 is 0 Å². The average molecular weight is 214 g/mol. The minimum Gasteiger partial charge on any atom is -0.512 e. The van der Waals surface area contributed by atoms with Gasteiger partial charge in [-0.3, -0.25) is 0 Å². The summed E-state index contributed by atoms with van der Waals surface area (Å²) in [5, 5.41) is 18.7. The second-order valence-electron chi connectivity index (χ2n) is 4.10. The lowest BCUT2D eigenvalue weighted by Gasteiger charge is -2.04. The lowest BCUT2D eigenvalue weighted by molar-refractivity contribution is 0.184. The average Bonchev–Trinajstić information content (AvgIpc) is 2.16. The van der Waals surface area contributed by atoms with E-state index in [9.17, 15) is 10.2 Å². The van der Waals surface area contributed by atoms with Gasteiger partial charge in [0.25, 0.3) is 0 Å². The van der Waals surface area contributed by atoms with E-state index in [0.717, 1.165) is 0 Å². The van der Waals surface area contributed by atoms with Crippen LogP contribution in [0.5, 0.6) is 0 Å². The van der Waals surface area contributed by atoms with Crippen molar-refractivity contribution < 1.29 is 14.9 Å². The summed E-state index contributed by atoms with van der Waals surface area (Å²) < 4.78 is 5.20. The molecule has 3 nitrogen and oxygen atoms in total. The molecule has 2 N–H and O–H groups in total. The van der Waals surface area contributed by atoms with Crippen molar-refractivity contribution in [3.63, 3.8) is 0 Å². The van der Waals surface area contributed by atoms with Crippen LogP contribution in [0.2, 0.25) is 0 Å². The fourth-order valence-corrected chi connectivity index (χ4v) is 0.828. The van der Waals surface area contributed by atoms with E-state index in [0.29, 0.717) is 24.7 Å². The highest BCUT2D eigenvalue weighted by atomic mass is 16.5. The molecule has 0 aromatic heterocycles. The molecule has 0 atom stereocenters. The van der Waals surface area contributed by atoms with Gasteiger partial charge in [0.05, 0.1) is 24.7 Å². The van der Waals surface area contributed by atoms with Crippen molar-refractivity contribution in [3.05, 3.63) is 23.7 Å². The van der Waals surface area contributed by atoms with Gasteiger partial charge in [-0.25, -0.2) is 0 Å². The molecule has 15 heavy (non-hydrogen) atoms. The molecule has 0 aliphatic carbocycles. The van der Waals surface area contributed by atoms with Crippen LogP contribution in [0.3, 0.4) is 0 Å². The van der Waals surface area contributed by atoms with Crippen molar-refractivity contribution in [2.24, 2.45) is 11.8 Å².